The number of carbonyl (C=O) groups excluding carboxylic acids is 1. The zero-order chi connectivity index (χ0) is 14.8. The van der Waals surface area contributed by atoms with E-state index in [0.717, 1.165) is 45.9 Å². The summed E-state index contributed by atoms with van der Waals surface area (Å²) >= 11 is 0. The third-order valence-electron chi connectivity index (χ3n) is 3.34. The molecule has 0 spiro atoms. The van der Waals surface area contributed by atoms with Crippen LogP contribution >= 0.6 is 0 Å². The highest BCUT2D eigenvalue weighted by Crippen LogP contribution is 2.02. The lowest BCUT2D eigenvalue weighted by atomic mass is 10.3. The Balaban J connectivity index is 2.10. The van der Waals surface area contributed by atoms with E-state index < -0.39 is 0 Å². The number of nitrogens with zero attached hydrogens (tertiary/aromatic N) is 2. The van der Waals surface area contributed by atoms with Gasteiger partial charge < -0.3 is 19.7 Å². The van der Waals surface area contributed by atoms with Gasteiger partial charge in [0.15, 0.2) is 0 Å². The monoisotopic (exact) mass is 287 g/mol. The maximum absolute atomic E-state index is 12.0. The Morgan fingerprint density at radius 2 is 1.90 bits per heavy atom. The number of carbonyl (C=O) groups is 1. The van der Waals surface area contributed by atoms with Gasteiger partial charge in [0.1, 0.15) is 0 Å². The predicted molar refractivity (Wildman–Crippen MR) is 78.9 cm³/mol. The molecule has 1 saturated heterocycles. The fourth-order valence-electron chi connectivity index (χ4n) is 2.12. The lowest BCUT2D eigenvalue weighted by molar-refractivity contribution is -0.132. The number of methoxy groups -OCH3 is 1. The maximum atomic E-state index is 12.0. The van der Waals surface area contributed by atoms with E-state index in [1.807, 2.05) is 18.7 Å². The van der Waals surface area contributed by atoms with Crippen LogP contribution in [0.15, 0.2) is 0 Å². The average Bonchev–Trinajstić information content (AvgIpc) is 2.44. The summed E-state index contributed by atoms with van der Waals surface area (Å²) in [7, 11) is 1.66. The van der Waals surface area contributed by atoms with Crippen LogP contribution in [0.3, 0.4) is 0 Å². The third kappa shape index (κ3) is 7.19. The van der Waals surface area contributed by atoms with Crippen molar-refractivity contribution in [1.82, 2.24) is 15.1 Å². The standard InChI is InChI=1S/C14H29N3O3/c1-13(2)20-11-9-16-5-7-17(8-6-16)14(18)12-15-4-10-19-3/h13,15H,4-12H2,1-3H3. The highest BCUT2D eigenvalue weighted by atomic mass is 16.5. The van der Waals surface area contributed by atoms with Gasteiger partial charge in [0.2, 0.25) is 5.91 Å². The first kappa shape index (κ1) is 17.4. The molecule has 0 saturated carbocycles. The Morgan fingerprint density at radius 1 is 1.20 bits per heavy atom. The first-order valence-corrected chi connectivity index (χ1v) is 7.45. The van der Waals surface area contributed by atoms with Crippen LogP contribution in [0.4, 0.5) is 0 Å². The van der Waals surface area contributed by atoms with Crippen LogP contribution in [0.5, 0.6) is 0 Å². The molecule has 6 nitrogen and oxygen atoms in total. The van der Waals surface area contributed by atoms with Gasteiger partial charge in [0.25, 0.3) is 0 Å². The zero-order valence-electron chi connectivity index (χ0n) is 13.1. The van der Waals surface area contributed by atoms with E-state index in [4.69, 9.17) is 9.47 Å². The molecule has 6 heteroatoms. The molecule has 0 aromatic heterocycles. The summed E-state index contributed by atoms with van der Waals surface area (Å²) < 4.78 is 10.5. The quantitative estimate of drug-likeness (QED) is 0.595. The van der Waals surface area contributed by atoms with Crippen molar-refractivity contribution in [2.75, 3.05) is 66.1 Å². The van der Waals surface area contributed by atoms with Gasteiger partial charge in [-0.3, -0.25) is 9.69 Å². The minimum Gasteiger partial charge on any atom is -0.383 e. The van der Waals surface area contributed by atoms with Gasteiger partial charge in [0, 0.05) is 46.4 Å². The minimum absolute atomic E-state index is 0.180. The Hall–Kier alpha value is -0.690. The van der Waals surface area contributed by atoms with Gasteiger partial charge >= 0.3 is 0 Å². The van der Waals surface area contributed by atoms with Gasteiger partial charge in [-0.25, -0.2) is 0 Å². The molecule has 118 valence electrons. The summed E-state index contributed by atoms with van der Waals surface area (Å²) in [5, 5.41) is 3.09. The van der Waals surface area contributed by atoms with Crippen LogP contribution < -0.4 is 5.32 Å². The van der Waals surface area contributed by atoms with Crippen molar-refractivity contribution in [3.8, 4) is 0 Å². The van der Waals surface area contributed by atoms with E-state index in [0.29, 0.717) is 13.2 Å². The molecule has 1 fully saturated rings. The number of hydrogen-bond acceptors (Lipinski definition) is 5. The van der Waals surface area contributed by atoms with Gasteiger partial charge in [0.05, 0.1) is 25.9 Å². The van der Waals surface area contributed by atoms with E-state index in [1.54, 1.807) is 7.11 Å². The lowest BCUT2D eigenvalue weighted by Crippen LogP contribution is -2.51. The SMILES string of the molecule is COCCNCC(=O)N1CCN(CCOC(C)C)CC1. The van der Waals surface area contributed by atoms with Crippen LogP contribution in [-0.2, 0) is 14.3 Å². The molecule has 0 atom stereocenters. The van der Waals surface area contributed by atoms with Crippen LogP contribution in [0.2, 0.25) is 0 Å². The topological polar surface area (TPSA) is 54.0 Å². The first-order valence-electron chi connectivity index (χ1n) is 7.45. The summed E-state index contributed by atoms with van der Waals surface area (Å²) in [4.78, 5) is 16.2. The van der Waals surface area contributed by atoms with Crippen LogP contribution in [0, 0.1) is 0 Å². The molecular formula is C14H29N3O3. The Labute approximate surface area is 122 Å². The molecule has 1 amide bonds. The molecule has 0 aliphatic carbocycles. The molecule has 0 unspecified atom stereocenters. The van der Waals surface area contributed by atoms with E-state index in [-0.39, 0.29) is 12.0 Å². The number of rotatable bonds is 9. The molecular weight excluding hydrogens is 258 g/mol. The van der Waals surface area contributed by atoms with Crippen molar-refractivity contribution in [3.05, 3.63) is 0 Å². The van der Waals surface area contributed by atoms with Crippen LogP contribution in [0.25, 0.3) is 0 Å². The number of ether oxygens (including phenoxy) is 2. The Bertz CT molecular complexity index is 266. The highest BCUT2D eigenvalue weighted by Gasteiger charge is 2.20. The van der Waals surface area contributed by atoms with Gasteiger partial charge in [-0.05, 0) is 13.8 Å². The molecule has 0 radical (unpaired) electrons. The minimum atomic E-state index is 0.180. The predicted octanol–water partition coefficient (Wildman–Crippen LogP) is -0.208. The summed E-state index contributed by atoms with van der Waals surface area (Å²) in [6.07, 6.45) is 0.288. The molecule has 20 heavy (non-hydrogen) atoms. The number of hydrogen-bond donors (Lipinski definition) is 1. The normalized spacial score (nSPS) is 16.9. The van der Waals surface area contributed by atoms with Crippen molar-refractivity contribution >= 4 is 5.91 Å². The molecule has 1 rings (SSSR count). The van der Waals surface area contributed by atoms with E-state index in [9.17, 15) is 4.79 Å². The van der Waals surface area contributed by atoms with Crippen molar-refractivity contribution in [3.63, 3.8) is 0 Å². The molecule has 1 N–H and O–H groups in total. The smallest absolute Gasteiger partial charge is 0.236 e. The lowest BCUT2D eigenvalue weighted by Gasteiger charge is -2.34. The van der Waals surface area contributed by atoms with Crippen LogP contribution in [0.1, 0.15) is 13.8 Å². The average molecular weight is 287 g/mol. The third-order valence-corrected chi connectivity index (χ3v) is 3.34. The van der Waals surface area contributed by atoms with Crippen LogP contribution in [-0.4, -0.2) is 87.9 Å². The van der Waals surface area contributed by atoms with Crippen molar-refractivity contribution in [2.24, 2.45) is 0 Å². The second kappa shape index (κ2) is 10.1. The molecule has 1 heterocycles. The molecule has 1 aliphatic heterocycles. The first-order chi connectivity index (χ1) is 9.63. The summed E-state index contributed by atoms with van der Waals surface area (Å²) in [5.74, 6) is 0.180. The van der Waals surface area contributed by atoms with Crippen molar-refractivity contribution < 1.29 is 14.3 Å². The summed E-state index contributed by atoms with van der Waals surface area (Å²) in [6.45, 7) is 11.1. The number of piperazine rings is 1. The van der Waals surface area contributed by atoms with E-state index in [1.165, 1.54) is 0 Å². The largest absolute Gasteiger partial charge is 0.383 e. The maximum Gasteiger partial charge on any atom is 0.236 e. The zero-order valence-corrected chi connectivity index (χ0v) is 13.1. The van der Waals surface area contributed by atoms with Crippen molar-refractivity contribution in [1.29, 1.82) is 0 Å². The second-order valence-corrected chi connectivity index (χ2v) is 5.31. The fraction of sp³-hybridized carbons (Fsp3) is 0.929. The fourth-order valence-corrected chi connectivity index (χ4v) is 2.12. The van der Waals surface area contributed by atoms with Gasteiger partial charge in [-0.1, -0.05) is 0 Å². The number of amides is 1. The Morgan fingerprint density at radius 3 is 2.50 bits per heavy atom. The Kier molecular flexibility index (Phi) is 8.77. The number of nitrogens with one attached hydrogen (secondary N) is 1. The van der Waals surface area contributed by atoms with Crippen molar-refractivity contribution in [2.45, 2.75) is 20.0 Å². The molecule has 0 aromatic carbocycles. The van der Waals surface area contributed by atoms with Gasteiger partial charge in [-0.15, -0.1) is 0 Å². The van der Waals surface area contributed by atoms with E-state index in [2.05, 4.69) is 10.2 Å². The molecule has 0 aromatic rings. The molecule has 0 bridgehead atoms. The molecule has 1 aliphatic rings. The summed E-state index contributed by atoms with van der Waals surface area (Å²) in [5.41, 5.74) is 0. The second-order valence-electron chi connectivity index (χ2n) is 5.31. The highest BCUT2D eigenvalue weighted by molar-refractivity contribution is 5.78. The summed E-state index contributed by atoms with van der Waals surface area (Å²) in [6, 6.07) is 0. The van der Waals surface area contributed by atoms with E-state index >= 15 is 0 Å². The van der Waals surface area contributed by atoms with Gasteiger partial charge in [-0.2, -0.15) is 0 Å².